The quantitative estimate of drug-likeness (QED) is 0.577. The lowest BCUT2D eigenvalue weighted by atomic mass is 10.1. The van der Waals surface area contributed by atoms with Crippen LogP contribution < -0.4 is 16.0 Å². The lowest BCUT2D eigenvalue weighted by Gasteiger charge is -2.21. The first-order valence-electron chi connectivity index (χ1n) is 9.72. The SMILES string of the molecule is CC1=CC(C)Nc2c(C(=O)Nc3c(C)cccc3C)c(Nc3ccccc3)nn21. The molecule has 2 aromatic carbocycles. The van der Waals surface area contributed by atoms with Crippen LogP contribution in [-0.2, 0) is 0 Å². The second kappa shape index (κ2) is 7.47. The number of aryl methyl sites for hydroxylation is 2. The van der Waals surface area contributed by atoms with Crippen molar-refractivity contribution in [3.63, 3.8) is 0 Å². The summed E-state index contributed by atoms with van der Waals surface area (Å²) >= 11 is 0. The molecule has 1 aromatic heterocycles. The number of anilines is 4. The van der Waals surface area contributed by atoms with Crippen molar-refractivity contribution in [2.75, 3.05) is 16.0 Å². The number of nitrogens with zero attached hydrogens (tertiary/aromatic N) is 2. The van der Waals surface area contributed by atoms with E-state index in [-0.39, 0.29) is 11.9 Å². The van der Waals surface area contributed by atoms with E-state index in [0.717, 1.165) is 28.2 Å². The number of hydrogen-bond donors (Lipinski definition) is 3. The second-order valence-electron chi connectivity index (χ2n) is 7.44. The molecule has 1 aliphatic rings. The number of allylic oxidation sites excluding steroid dienone is 1. The predicted octanol–water partition coefficient (Wildman–Crippen LogP) is 5.17. The summed E-state index contributed by atoms with van der Waals surface area (Å²) in [6.45, 7) is 8.03. The van der Waals surface area contributed by atoms with E-state index in [4.69, 9.17) is 0 Å². The fourth-order valence-electron chi connectivity index (χ4n) is 3.64. The first-order chi connectivity index (χ1) is 13.9. The van der Waals surface area contributed by atoms with Gasteiger partial charge in [0.2, 0.25) is 0 Å². The zero-order valence-corrected chi connectivity index (χ0v) is 17.1. The van der Waals surface area contributed by atoms with Crippen molar-refractivity contribution in [2.45, 2.75) is 33.7 Å². The molecule has 6 heteroatoms. The Morgan fingerprint density at radius 2 is 1.72 bits per heavy atom. The van der Waals surface area contributed by atoms with E-state index in [1.54, 1.807) is 4.68 Å². The standard InChI is InChI=1S/C23H25N5O/c1-14-9-8-10-15(2)20(14)26-23(29)19-21(25-18-11-6-5-7-12-18)27-28-17(4)13-16(3)24-22(19)28/h5-13,16,24H,1-4H3,(H,25,27)(H,26,29). The molecule has 1 aliphatic heterocycles. The maximum Gasteiger partial charge on any atom is 0.263 e. The molecule has 29 heavy (non-hydrogen) atoms. The highest BCUT2D eigenvalue weighted by Gasteiger charge is 2.28. The van der Waals surface area contributed by atoms with Crippen molar-refractivity contribution in [3.8, 4) is 0 Å². The van der Waals surface area contributed by atoms with Gasteiger partial charge in [-0.15, -0.1) is 5.10 Å². The van der Waals surface area contributed by atoms with E-state index >= 15 is 0 Å². The summed E-state index contributed by atoms with van der Waals surface area (Å²) < 4.78 is 1.78. The van der Waals surface area contributed by atoms with Crippen LogP contribution in [0.5, 0.6) is 0 Å². The van der Waals surface area contributed by atoms with Crippen LogP contribution in [0.3, 0.4) is 0 Å². The molecule has 0 bridgehead atoms. The van der Waals surface area contributed by atoms with Gasteiger partial charge in [-0.3, -0.25) is 4.79 Å². The molecule has 0 radical (unpaired) electrons. The van der Waals surface area contributed by atoms with Crippen molar-refractivity contribution in [3.05, 3.63) is 71.3 Å². The lowest BCUT2D eigenvalue weighted by molar-refractivity contribution is 0.102. The van der Waals surface area contributed by atoms with E-state index in [1.165, 1.54) is 0 Å². The maximum absolute atomic E-state index is 13.4. The third-order valence-electron chi connectivity index (χ3n) is 5.06. The van der Waals surface area contributed by atoms with Gasteiger partial charge in [0.1, 0.15) is 11.4 Å². The molecule has 148 valence electrons. The summed E-state index contributed by atoms with van der Waals surface area (Å²) in [7, 11) is 0. The zero-order valence-electron chi connectivity index (χ0n) is 17.1. The molecular formula is C23H25N5O. The highest BCUT2D eigenvalue weighted by Crippen LogP contribution is 2.33. The van der Waals surface area contributed by atoms with Crippen LogP contribution in [0.4, 0.5) is 23.0 Å². The van der Waals surface area contributed by atoms with Crippen LogP contribution in [0.15, 0.2) is 54.6 Å². The number of carbonyl (C=O) groups excluding carboxylic acids is 1. The normalized spacial score (nSPS) is 15.2. The zero-order chi connectivity index (χ0) is 20.5. The van der Waals surface area contributed by atoms with Gasteiger partial charge in [-0.1, -0.05) is 36.4 Å². The van der Waals surface area contributed by atoms with Crippen LogP contribution in [-0.4, -0.2) is 21.7 Å². The Hall–Kier alpha value is -3.54. The number of nitrogens with one attached hydrogen (secondary N) is 3. The number of carbonyl (C=O) groups is 1. The van der Waals surface area contributed by atoms with Crippen LogP contribution in [0, 0.1) is 13.8 Å². The summed E-state index contributed by atoms with van der Waals surface area (Å²) in [6.07, 6.45) is 2.08. The van der Waals surface area contributed by atoms with Crippen LogP contribution in [0.2, 0.25) is 0 Å². The molecule has 6 nitrogen and oxygen atoms in total. The molecule has 3 N–H and O–H groups in total. The predicted molar refractivity (Wildman–Crippen MR) is 119 cm³/mol. The first kappa shape index (κ1) is 18.8. The summed E-state index contributed by atoms with van der Waals surface area (Å²) in [6, 6.07) is 15.8. The molecular weight excluding hydrogens is 362 g/mol. The molecule has 0 saturated heterocycles. The van der Waals surface area contributed by atoms with Gasteiger partial charge in [0.05, 0.1) is 0 Å². The van der Waals surface area contributed by atoms with Crippen molar-refractivity contribution in [2.24, 2.45) is 0 Å². The Morgan fingerprint density at radius 1 is 1.03 bits per heavy atom. The average molecular weight is 387 g/mol. The van der Waals surface area contributed by atoms with Crippen molar-refractivity contribution < 1.29 is 4.79 Å². The Bertz CT molecular complexity index is 1080. The lowest BCUT2D eigenvalue weighted by Crippen LogP contribution is -2.24. The molecule has 0 aliphatic carbocycles. The number of fused-ring (bicyclic) bond motifs is 1. The van der Waals surface area contributed by atoms with E-state index in [0.29, 0.717) is 17.2 Å². The third kappa shape index (κ3) is 3.61. The number of para-hydroxylation sites is 2. The monoisotopic (exact) mass is 387 g/mol. The molecule has 4 rings (SSSR count). The van der Waals surface area contributed by atoms with Gasteiger partial charge >= 0.3 is 0 Å². The minimum atomic E-state index is -0.198. The fourth-order valence-corrected chi connectivity index (χ4v) is 3.64. The van der Waals surface area contributed by atoms with Gasteiger partial charge in [0.25, 0.3) is 5.91 Å². The molecule has 2 heterocycles. The van der Waals surface area contributed by atoms with E-state index < -0.39 is 0 Å². The minimum Gasteiger partial charge on any atom is -0.363 e. The smallest absolute Gasteiger partial charge is 0.263 e. The van der Waals surface area contributed by atoms with Gasteiger partial charge in [-0.2, -0.15) is 0 Å². The average Bonchev–Trinajstić information content (AvgIpc) is 3.04. The number of aromatic nitrogens is 2. The Morgan fingerprint density at radius 3 is 2.41 bits per heavy atom. The highest BCUT2D eigenvalue weighted by molar-refractivity contribution is 6.12. The molecule has 3 aromatic rings. The van der Waals surface area contributed by atoms with E-state index in [1.807, 2.05) is 69.3 Å². The van der Waals surface area contributed by atoms with Gasteiger partial charge in [0.15, 0.2) is 5.82 Å². The molecule has 0 saturated carbocycles. The molecule has 0 fully saturated rings. The number of rotatable bonds is 4. The summed E-state index contributed by atoms with van der Waals surface area (Å²) in [5.74, 6) is 1.01. The first-order valence-corrected chi connectivity index (χ1v) is 9.72. The third-order valence-corrected chi connectivity index (χ3v) is 5.06. The van der Waals surface area contributed by atoms with E-state index in [2.05, 4.69) is 34.0 Å². The Balaban J connectivity index is 1.78. The summed E-state index contributed by atoms with van der Waals surface area (Å²) in [5, 5.41) is 14.5. The van der Waals surface area contributed by atoms with Crippen molar-refractivity contribution >= 4 is 34.6 Å². The highest BCUT2D eigenvalue weighted by atomic mass is 16.1. The fraction of sp³-hybridized carbons (Fsp3) is 0.217. The summed E-state index contributed by atoms with van der Waals surface area (Å²) in [5.41, 5.74) is 5.23. The molecule has 0 spiro atoms. The Kier molecular flexibility index (Phi) is 4.84. The van der Waals surface area contributed by atoms with Gasteiger partial charge in [-0.05, 0) is 57.0 Å². The summed E-state index contributed by atoms with van der Waals surface area (Å²) in [4.78, 5) is 13.4. The number of benzene rings is 2. The van der Waals surface area contributed by atoms with Crippen molar-refractivity contribution in [1.29, 1.82) is 0 Å². The van der Waals surface area contributed by atoms with E-state index in [9.17, 15) is 4.79 Å². The number of hydrogen-bond acceptors (Lipinski definition) is 4. The van der Waals surface area contributed by atoms with Crippen LogP contribution >= 0.6 is 0 Å². The van der Waals surface area contributed by atoms with Gasteiger partial charge in [0, 0.05) is 23.1 Å². The molecule has 1 amide bonds. The van der Waals surface area contributed by atoms with Gasteiger partial charge in [-0.25, -0.2) is 4.68 Å². The molecule has 1 unspecified atom stereocenters. The topological polar surface area (TPSA) is 71.0 Å². The maximum atomic E-state index is 13.4. The molecule has 1 atom stereocenters. The van der Waals surface area contributed by atoms with Crippen LogP contribution in [0.25, 0.3) is 5.70 Å². The van der Waals surface area contributed by atoms with Crippen molar-refractivity contribution in [1.82, 2.24) is 9.78 Å². The largest absolute Gasteiger partial charge is 0.363 e. The minimum absolute atomic E-state index is 0.107. The Labute approximate surface area is 170 Å². The van der Waals surface area contributed by atoms with Crippen LogP contribution in [0.1, 0.15) is 35.3 Å². The second-order valence-corrected chi connectivity index (χ2v) is 7.44. The van der Waals surface area contributed by atoms with Gasteiger partial charge < -0.3 is 16.0 Å². The number of amides is 1.